The number of isocyanates is 1. The summed E-state index contributed by atoms with van der Waals surface area (Å²) < 4.78 is 0. The highest BCUT2D eigenvalue weighted by Crippen LogP contribution is 2.23. The van der Waals surface area contributed by atoms with Crippen molar-refractivity contribution in [2.45, 2.75) is 237 Å². The van der Waals surface area contributed by atoms with Crippen LogP contribution in [0.15, 0.2) is 4.99 Å². The minimum Gasteiger partial charge on any atom is -0.211 e. The molecule has 0 aromatic carbocycles. The number of rotatable bonds is 38. The smallest absolute Gasteiger partial charge is 0.211 e. The second-order valence-electron chi connectivity index (χ2n) is 14.2. The molecule has 0 heterocycles. The van der Waals surface area contributed by atoms with E-state index in [2.05, 4.69) is 4.99 Å². The maximum Gasteiger partial charge on any atom is 0.248 e. The van der Waals surface area contributed by atoms with Gasteiger partial charge in [0, 0.05) is 0 Å². The molecule has 0 bridgehead atoms. The highest BCUT2D eigenvalue weighted by atomic mass is 35.7. The van der Waals surface area contributed by atoms with Crippen LogP contribution in [0.3, 0.4) is 0 Å². The van der Waals surface area contributed by atoms with Crippen molar-refractivity contribution < 1.29 is 4.79 Å². The second kappa shape index (κ2) is 37.6. The molecule has 0 fully saturated rings. The third-order valence-electron chi connectivity index (χ3n) is 9.45. The van der Waals surface area contributed by atoms with Crippen LogP contribution >= 0.6 is 22.2 Å². The second-order valence-corrected chi connectivity index (χ2v) is 22.4. The normalized spacial score (nSPS) is 11.7. The van der Waals surface area contributed by atoms with Crippen LogP contribution in [0.25, 0.3) is 0 Å². The zero-order chi connectivity index (χ0) is 32.1. The van der Waals surface area contributed by atoms with Crippen LogP contribution in [0.4, 0.5) is 0 Å². The quantitative estimate of drug-likeness (QED) is 0.0211. The van der Waals surface area contributed by atoms with E-state index in [4.69, 9.17) is 22.2 Å². The summed E-state index contributed by atoms with van der Waals surface area (Å²) in [6, 6.07) is 1.06. The topological polar surface area (TPSA) is 29.4 Å². The number of hydrogen-bond acceptors (Lipinski definition) is 2. The van der Waals surface area contributed by atoms with Gasteiger partial charge in [0.05, 0.1) is 6.54 Å². The van der Waals surface area contributed by atoms with Crippen LogP contribution in [-0.2, 0) is 4.79 Å². The van der Waals surface area contributed by atoms with Crippen LogP contribution in [-0.4, -0.2) is 19.3 Å². The van der Waals surface area contributed by atoms with Gasteiger partial charge in [-0.1, -0.05) is 218 Å². The summed E-state index contributed by atoms with van der Waals surface area (Å²) in [7, 11) is 0. The monoisotopic (exact) mass is 674 g/mol. The average Bonchev–Trinajstić information content (AvgIpc) is 3.00. The summed E-state index contributed by atoms with van der Waals surface area (Å²) in [5.41, 5.74) is 0. The first kappa shape index (κ1) is 44.2. The molecule has 0 aromatic rings. The average molecular weight is 675 g/mol. The lowest BCUT2D eigenvalue weighted by molar-refractivity contribution is 0.511. The predicted octanol–water partition coefficient (Wildman–Crippen LogP) is 15.5. The highest BCUT2D eigenvalue weighted by molar-refractivity contribution is 7.44. The third-order valence-corrected chi connectivity index (χ3v) is 11.8. The number of aliphatic imine (C=N–C) groups is 1. The fraction of sp³-hybridized carbons (Fsp3) is 0.974. The van der Waals surface area contributed by atoms with E-state index in [0.717, 1.165) is 12.5 Å². The van der Waals surface area contributed by atoms with Gasteiger partial charge in [-0.25, -0.2) is 9.79 Å². The van der Waals surface area contributed by atoms with Crippen molar-refractivity contribution in [3.63, 3.8) is 0 Å². The van der Waals surface area contributed by atoms with E-state index < -0.39 is 6.69 Å². The summed E-state index contributed by atoms with van der Waals surface area (Å²) in [5.74, 6) is 0. The van der Waals surface area contributed by atoms with Crippen LogP contribution in [0.1, 0.15) is 225 Å². The van der Waals surface area contributed by atoms with Gasteiger partial charge in [-0.3, -0.25) is 0 Å². The molecular weight excluding hydrogens is 597 g/mol. The van der Waals surface area contributed by atoms with Crippen LogP contribution in [0.5, 0.6) is 0 Å². The Bertz CT molecular complexity index is 591. The van der Waals surface area contributed by atoms with Crippen molar-refractivity contribution in [2.75, 3.05) is 6.54 Å². The first-order valence-electron chi connectivity index (χ1n) is 20.0. The number of hydrogen-bond donors (Lipinski definition) is 0. The molecule has 0 amide bonds. The van der Waals surface area contributed by atoms with E-state index in [9.17, 15) is 4.79 Å². The molecule has 0 aliphatic rings. The molecule has 0 N–H and O–H groups in total. The molecule has 0 rings (SSSR count). The SMILES string of the molecule is C[Si](Cl)(Cl)CCCCCCCCCCCCCCCCCCCCCCCCCCCCCCCCCCCCCN=C=O. The lowest BCUT2D eigenvalue weighted by atomic mass is 10.0. The molecule has 0 aromatic heterocycles. The molecule has 0 aliphatic heterocycles. The Morgan fingerprint density at radius 3 is 0.727 bits per heavy atom. The van der Waals surface area contributed by atoms with Crippen molar-refractivity contribution in [1.29, 1.82) is 0 Å². The molecule has 0 spiro atoms. The Morgan fingerprint density at radius 1 is 0.364 bits per heavy atom. The molecule has 262 valence electrons. The van der Waals surface area contributed by atoms with Gasteiger partial charge in [0.15, 0.2) is 0 Å². The van der Waals surface area contributed by atoms with Gasteiger partial charge in [-0.05, 0) is 19.0 Å². The Labute approximate surface area is 287 Å². The van der Waals surface area contributed by atoms with E-state index >= 15 is 0 Å². The molecule has 44 heavy (non-hydrogen) atoms. The van der Waals surface area contributed by atoms with Gasteiger partial charge in [0.25, 0.3) is 0 Å². The van der Waals surface area contributed by atoms with Gasteiger partial charge < -0.3 is 0 Å². The Balaban J connectivity index is 3.06. The fourth-order valence-electron chi connectivity index (χ4n) is 6.51. The Kier molecular flexibility index (Phi) is 37.8. The lowest BCUT2D eigenvalue weighted by Crippen LogP contribution is -2.11. The van der Waals surface area contributed by atoms with Crippen molar-refractivity contribution in [3.05, 3.63) is 0 Å². The maximum absolute atomic E-state index is 10.0. The largest absolute Gasteiger partial charge is 0.248 e. The lowest BCUT2D eigenvalue weighted by Gasteiger charge is -2.09. The molecule has 0 saturated heterocycles. The summed E-state index contributed by atoms with van der Waals surface area (Å²) in [6.45, 7) is 0.860. The zero-order valence-corrected chi connectivity index (χ0v) is 32.3. The van der Waals surface area contributed by atoms with Gasteiger partial charge in [-0.2, -0.15) is 0 Å². The Hall–Kier alpha value is 0.177. The first-order valence-corrected chi connectivity index (χ1v) is 24.7. The van der Waals surface area contributed by atoms with Crippen molar-refractivity contribution in [1.82, 2.24) is 0 Å². The minimum atomic E-state index is -1.85. The maximum atomic E-state index is 10.0. The number of unbranched alkanes of at least 4 members (excludes halogenated alkanes) is 34. The van der Waals surface area contributed by atoms with E-state index in [-0.39, 0.29) is 0 Å². The fourth-order valence-corrected chi connectivity index (χ4v) is 8.18. The zero-order valence-electron chi connectivity index (χ0n) is 29.8. The highest BCUT2D eigenvalue weighted by Gasteiger charge is 2.19. The molecule has 0 aliphatic carbocycles. The van der Waals surface area contributed by atoms with E-state index in [0.29, 0.717) is 6.54 Å². The van der Waals surface area contributed by atoms with E-state index in [1.54, 1.807) is 6.08 Å². The number of nitrogens with zero attached hydrogens (tertiary/aromatic N) is 1. The molecule has 0 radical (unpaired) electrons. The summed E-state index contributed by atoms with van der Waals surface area (Å²) >= 11 is 12.3. The molecule has 2 nitrogen and oxygen atoms in total. The van der Waals surface area contributed by atoms with Gasteiger partial charge in [0.1, 0.15) is 0 Å². The summed E-state index contributed by atoms with van der Waals surface area (Å²) in [6.07, 6.45) is 51.1. The number of halogens is 2. The predicted molar refractivity (Wildman–Crippen MR) is 203 cm³/mol. The van der Waals surface area contributed by atoms with Gasteiger partial charge >= 0.3 is 0 Å². The minimum absolute atomic E-state index is 0.667. The molecule has 5 heteroatoms. The third kappa shape index (κ3) is 42.2. The van der Waals surface area contributed by atoms with Gasteiger partial charge in [-0.15, -0.1) is 22.2 Å². The molecule has 0 unspecified atom stereocenters. The van der Waals surface area contributed by atoms with E-state index in [1.165, 1.54) is 218 Å². The van der Waals surface area contributed by atoms with Crippen molar-refractivity contribution in [2.24, 2.45) is 4.99 Å². The van der Waals surface area contributed by atoms with Crippen LogP contribution < -0.4 is 0 Å². The van der Waals surface area contributed by atoms with Gasteiger partial charge in [0.2, 0.25) is 12.8 Å². The van der Waals surface area contributed by atoms with E-state index in [1.807, 2.05) is 6.55 Å². The molecule has 0 saturated carbocycles. The molecule has 0 atom stereocenters. The standard InChI is InChI=1S/C39H77Cl2NOSi/c1-44(40,41)38-36-34-32-30-28-26-24-22-20-18-16-14-12-10-8-6-4-2-3-5-7-9-11-13-15-17-19-21-23-25-27-29-31-33-35-37-42-39-43/h2-38H2,1H3. The molecular formula is C39H77Cl2NOSi. The van der Waals surface area contributed by atoms with Crippen molar-refractivity contribution in [3.8, 4) is 0 Å². The van der Waals surface area contributed by atoms with Crippen LogP contribution in [0.2, 0.25) is 12.6 Å². The summed E-state index contributed by atoms with van der Waals surface area (Å²) in [4.78, 5) is 13.6. The van der Waals surface area contributed by atoms with Crippen LogP contribution in [0, 0.1) is 0 Å². The number of carbonyl (C=O) groups excluding carboxylic acids is 1. The Morgan fingerprint density at radius 2 is 0.545 bits per heavy atom. The first-order chi connectivity index (χ1) is 21.6. The summed E-state index contributed by atoms with van der Waals surface area (Å²) in [5, 5.41) is 0. The van der Waals surface area contributed by atoms with Crippen molar-refractivity contribution >= 4 is 34.9 Å².